The van der Waals surface area contributed by atoms with Gasteiger partial charge in [-0.25, -0.2) is 4.79 Å². The molecule has 3 nitrogen and oxygen atoms in total. The maximum absolute atomic E-state index is 11.2. The van der Waals surface area contributed by atoms with Gasteiger partial charge in [0.05, 0.1) is 6.61 Å². The van der Waals surface area contributed by atoms with E-state index in [0.29, 0.717) is 28.8 Å². The average Bonchev–Trinajstić information content (AvgIpc) is 2.49. The maximum atomic E-state index is 11.2. The highest BCUT2D eigenvalue weighted by Gasteiger charge is 2.12. The molecule has 0 aromatic heterocycles. The van der Waals surface area contributed by atoms with Crippen LogP contribution in [0.5, 0.6) is 5.75 Å². The molecule has 116 valence electrons. The van der Waals surface area contributed by atoms with Crippen molar-refractivity contribution in [1.82, 2.24) is 0 Å². The first-order chi connectivity index (χ1) is 10.5. The van der Waals surface area contributed by atoms with E-state index in [9.17, 15) is 9.90 Å². The number of ether oxygens (including phenoxy) is 1. The smallest absolute Gasteiger partial charge is 0.339 e. The van der Waals surface area contributed by atoms with Crippen molar-refractivity contribution in [1.29, 1.82) is 0 Å². The molecular formula is C16H14Cl2O3S. The third kappa shape index (κ3) is 4.32. The highest BCUT2D eigenvalue weighted by Crippen LogP contribution is 2.26. The van der Waals surface area contributed by atoms with E-state index >= 15 is 0 Å². The van der Waals surface area contributed by atoms with E-state index in [1.54, 1.807) is 30.3 Å². The van der Waals surface area contributed by atoms with Crippen LogP contribution in [0, 0.1) is 0 Å². The van der Waals surface area contributed by atoms with Gasteiger partial charge in [-0.2, -0.15) is 0 Å². The lowest BCUT2D eigenvalue weighted by Gasteiger charge is -2.11. The molecule has 1 N–H and O–H groups in total. The average molecular weight is 357 g/mol. The molecule has 0 aliphatic heterocycles. The van der Waals surface area contributed by atoms with E-state index in [0.717, 1.165) is 10.5 Å². The number of carboxylic acid groups (broad SMARTS) is 1. The van der Waals surface area contributed by atoms with Crippen LogP contribution in [0.3, 0.4) is 0 Å². The van der Waals surface area contributed by atoms with E-state index in [1.807, 2.05) is 12.3 Å². The van der Waals surface area contributed by atoms with Crippen LogP contribution in [-0.2, 0) is 6.42 Å². The molecule has 0 bridgehead atoms. The highest BCUT2D eigenvalue weighted by atomic mass is 35.5. The van der Waals surface area contributed by atoms with E-state index in [-0.39, 0.29) is 5.56 Å². The second-order valence-electron chi connectivity index (χ2n) is 4.50. The molecular weight excluding hydrogens is 343 g/mol. The molecule has 0 radical (unpaired) electrons. The lowest BCUT2D eigenvalue weighted by Crippen LogP contribution is -2.07. The molecule has 0 amide bonds. The number of carbonyl (C=O) groups is 1. The van der Waals surface area contributed by atoms with Crippen molar-refractivity contribution in [2.45, 2.75) is 11.3 Å². The van der Waals surface area contributed by atoms with Crippen LogP contribution in [0.15, 0.2) is 41.3 Å². The number of carboxylic acids is 1. The number of halogens is 2. The minimum Gasteiger partial charge on any atom is -0.492 e. The predicted molar refractivity (Wildman–Crippen MR) is 90.8 cm³/mol. The molecule has 0 spiro atoms. The highest BCUT2D eigenvalue weighted by molar-refractivity contribution is 7.98. The van der Waals surface area contributed by atoms with Crippen LogP contribution >= 0.6 is 35.0 Å². The molecule has 0 unspecified atom stereocenters. The van der Waals surface area contributed by atoms with Gasteiger partial charge in [-0.3, -0.25) is 0 Å². The molecule has 2 rings (SSSR count). The van der Waals surface area contributed by atoms with Crippen LogP contribution in [0.2, 0.25) is 10.0 Å². The van der Waals surface area contributed by atoms with Gasteiger partial charge in [0.2, 0.25) is 0 Å². The summed E-state index contributed by atoms with van der Waals surface area (Å²) in [6, 6.07) is 10.3. The Morgan fingerprint density at radius 3 is 2.64 bits per heavy atom. The van der Waals surface area contributed by atoms with Crippen molar-refractivity contribution in [3.05, 3.63) is 57.6 Å². The van der Waals surface area contributed by atoms with Crippen LogP contribution in [0.4, 0.5) is 0 Å². The molecule has 22 heavy (non-hydrogen) atoms. The van der Waals surface area contributed by atoms with E-state index in [2.05, 4.69) is 0 Å². The summed E-state index contributed by atoms with van der Waals surface area (Å²) in [5.74, 6) is -0.642. The molecule has 0 saturated carbocycles. The Bertz CT molecular complexity index is 689. The van der Waals surface area contributed by atoms with Gasteiger partial charge >= 0.3 is 5.97 Å². The first kappa shape index (κ1) is 17.0. The van der Waals surface area contributed by atoms with Gasteiger partial charge in [-0.15, -0.1) is 11.8 Å². The summed E-state index contributed by atoms with van der Waals surface area (Å²) in [4.78, 5) is 12.2. The van der Waals surface area contributed by atoms with Crippen LogP contribution in [0.1, 0.15) is 15.9 Å². The Balaban J connectivity index is 2.09. The van der Waals surface area contributed by atoms with Gasteiger partial charge in [-0.1, -0.05) is 29.3 Å². The zero-order valence-electron chi connectivity index (χ0n) is 11.8. The summed E-state index contributed by atoms with van der Waals surface area (Å²) < 4.78 is 5.64. The van der Waals surface area contributed by atoms with Crippen molar-refractivity contribution in [3.8, 4) is 5.75 Å². The van der Waals surface area contributed by atoms with Crippen molar-refractivity contribution >= 4 is 40.9 Å². The number of hydrogen-bond acceptors (Lipinski definition) is 3. The topological polar surface area (TPSA) is 46.5 Å². The maximum Gasteiger partial charge on any atom is 0.339 e. The minimum absolute atomic E-state index is 0.153. The van der Waals surface area contributed by atoms with Crippen molar-refractivity contribution in [3.63, 3.8) is 0 Å². The van der Waals surface area contributed by atoms with E-state index < -0.39 is 5.97 Å². The number of aromatic carboxylic acids is 1. The van der Waals surface area contributed by atoms with E-state index in [1.165, 1.54) is 11.8 Å². The van der Waals surface area contributed by atoms with E-state index in [4.69, 9.17) is 27.9 Å². The Kier molecular flexibility index (Phi) is 6.00. The number of benzene rings is 2. The first-order valence-electron chi connectivity index (χ1n) is 6.49. The van der Waals surface area contributed by atoms with Crippen LogP contribution in [0.25, 0.3) is 0 Å². The number of rotatable bonds is 6. The normalized spacial score (nSPS) is 10.5. The summed E-state index contributed by atoms with van der Waals surface area (Å²) in [5.41, 5.74) is 1.06. The largest absolute Gasteiger partial charge is 0.492 e. The summed E-state index contributed by atoms with van der Waals surface area (Å²) >= 11 is 13.5. The molecule has 0 fully saturated rings. The Hall–Kier alpha value is -1.36. The van der Waals surface area contributed by atoms with Gasteiger partial charge in [0, 0.05) is 21.4 Å². The minimum atomic E-state index is -1.01. The molecule has 0 aliphatic rings. The number of thioether (sulfide) groups is 1. The monoisotopic (exact) mass is 356 g/mol. The Labute approximate surface area is 143 Å². The van der Waals surface area contributed by atoms with Gasteiger partial charge in [0.25, 0.3) is 0 Å². The number of hydrogen-bond donors (Lipinski definition) is 1. The van der Waals surface area contributed by atoms with Crippen molar-refractivity contribution in [2.24, 2.45) is 0 Å². The Morgan fingerprint density at radius 1 is 1.23 bits per heavy atom. The fraction of sp³-hybridized carbons (Fsp3) is 0.188. The third-order valence-electron chi connectivity index (χ3n) is 3.06. The predicted octanol–water partition coefficient (Wildman–Crippen LogP) is 5.04. The lowest BCUT2D eigenvalue weighted by molar-refractivity contribution is 0.0692. The summed E-state index contributed by atoms with van der Waals surface area (Å²) in [6.07, 6.45) is 2.49. The molecule has 2 aromatic carbocycles. The molecule has 6 heteroatoms. The standard InChI is InChI=1S/C16H14Cl2O3S/c1-22-12-4-5-13(16(19)20)15(9-12)21-7-6-10-2-3-11(17)8-14(10)18/h2-5,8-9H,6-7H2,1H3,(H,19,20). The van der Waals surface area contributed by atoms with Crippen LogP contribution < -0.4 is 4.74 Å². The fourth-order valence-electron chi connectivity index (χ4n) is 1.92. The van der Waals surface area contributed by atoms with Crippen molar-refractivity contribution in [2.75, 3.05) is 12.9 Å². The van der Waals surface area contributed by atoms with Gasteiger partial charge in [0.1, 0.15) is 11.3 Å². The second kappa shape index (κ2) is 7.77. The second-order valence-corrected chi connectivity index (χ2v) is 6.22. The Morgan fingerprint density at radius 2 is 2.00 bits per heavy atom. The van der Waals surface area contributed by atoms with Gasteiger partial charge in [0.15, 0.2) is 0 Å². The fourth-order valence-corrected chi connectivity index (χ4v) is 2.85. The van der Waals surface area contributed by atoms with Gasteiger partial charge in [-0.05, 0) is 42.2 Å². The zero-order chi connectivity index (χ0) is 16.1. The van der Waals surface area contributed by atoms with Crippen LogP contribution in [-0.4, -0.2) is 23.9 Å². The third-order valence-corrected chi connectivity index (χ3v) is 4.38. The molecule has 0 aliphatic carbocycles. The SMILES string of the molecule is CSc1ccc(C(=O)O)c(OCCc2ccc(Cl)cc2Cl)c1. The molecule has 0 saturated heterocycles. The summed E-state index contributed by atoms with van der Waals surface area (Å²) in [5, 5.41) is 10.4. The summed E-state index contributed by atoms with van der Waals surface area (Å²) in [7, 11) is 0. The summed E-state index contributed by atoms with van der Waals surface area (Å²) in [6.45, 7) is 0.333. The molecule has 0 heterocycles. The first-order valence-corrected chi connectivity index (χ1v) is 8.47. The van der Waals surface area contributed by atoms with Gasteiger partial charge < -0.3 is 9.84 Å². The zero-order valence-corrected chi connectivity index (χ0v) is 14.1. The lowest BCUT2D eigenvalue weighted by atomic mass is 10.1. The molecule has 0 atom stereocenters. The quantitative estimate of drug-likeness (QED) is 0.736. The molecule has 2 aromatic rings. The van der Waals surface area contributed by atoms with Crippen molar-refractivity contribution < 1.29 is 14.6 Å².